The molecule has 3 heterocycles. The van der Waals surface area contributed by atoms with Gasteiger partial charge in [0.15, 0.2) is 0 Å². The summed E-state index contributed by atoms with van der Waals surface area (Å²) in [4.78, 5) is 0. The summed E-state index contributed by atoms with van der Waals surface area (Å²) in [5.41, 5.74) is -0.0516. The Bertz CT molecular complexity index is 291. The van der Waals surface area contributed by atoms with Crippen molar-refractivity contribution in [3.8, 4) is 0 Å². The molecule has 0 saturated carbocycles. The zero-order valence-corrected chi connectivity index (χ0v) is 11.3. The smallest absolute Gasteiger partial charge is 0.0691 e. The van der Waals surface area contributed by atoms with Crippen molar-refractivity contribution in [1.29, 1.82) is 0 Å². The van der Waals surface area contributed by atoms with Crippen molar-refractivity contribution in [3.05, 3.63) is 0 Å². The van der Waals surface area contributed by atoms with E-state index in [2.05, 4.69) is 41.5 Å². The molecule has 0 aromatic rings. The summed E-state index contributed by atoms with van der Waals surface area (Å²) in [7, 11) is 0. The lowest BCUT2D eigenvalue weighted by Crippen LogP contribution is -2.45. The molecule has 3 aliphatic heterocycles. The van der Waals surface area contributed by atoms with Gasteiger partial charge in [0.1, 0.15) is 0 Å². The van der Waals surface area contributed by atoms with Crippen molar-refractivity contribution < 1.29 is 9.47 Å². The summed E-state index contributed by atoms with van der Waals surface area (Å²) >= 11 is 0. The van der Waals surface area contributed by atoms with Crippen molar-refractivity contribution in [2.45, 2.75) is 65.0 Å². The van der Waals surface area contributed by atoms with Gasteiger partial charge in [-0.2, -0.15) is 0 Å². The van der Waals surface area contributed by atoms with Crippen LogP contribution in [-0.4, -0.2) is 23.4 Å². The number of fused-ring (bicyclic) bond motifs is 5. The molecular formula is C14H24O2. The Kier molecular flexibility index (Phi) is 1.96. The second-order valence-electron chi connectivity index (χ2n) is 7.14. The molecule has 3 rings (SSSR count). The van der Waals surface area contributed by atoms with E-state index >= 15 is 0 Å². The van der Waals surface area contributed by atoms with E-state index in [0.29, 0.717) is 35.9 Å². The maximum absolute atomic E-state index is 6.30. The van der Waals surface area contributed by atoms with E-state index in [4.69, 9.17) is 9.47 Å². The number of rotatable bonds is 0. The average molecular weight is 224 g/mol. The molecule has 6 atom stereocenters. The average Bonchev–Trinajstić information content (AvgIpc) is 2.68. The summed E-state index contributed by atoms with van der Waals surface area (Å²) in [6.45, 7) is 13.6. The molecular weight excluding hydrogens is 200 g/mol. The minimum absolute atomic E-state index is 0.0258. The highest BCUT2D eigenvalue weighted by Crippen LogP contribution is 2.62. The van der Waals surface area contributed by atoms with Crippen LogP contribution in [0.4, 0.5) is 0 Å². The quantitative estimate of drug-likeness (QED) is 0.630. The van der Waals surface area contributed by atoms with Gasteiger partial charge in [0.2, 0.25) is 0 Å². The van der Waals surface area contributed by atoms with E-state index < -0.39 is 0 Å². The monoisotopic (exact) mass is 224 g/mol. The van der Waals surface area contributed by atoms with Crippen molar-refractivity contribution in [2.75, 3.05) is 0 Å². The largest absolute Gasteiger partial charge is 0.374 e. The molecule has 2 nitrogen and oxygen atoms in total. The van der Waals surface area contributed by atoms with Crippen LogP contribution in [0.1, 0.15) is 41.5 Å². The number of hydrogen-bond donors (Lipinski definition) is 0. The minimum Gasteiger partial charge on any atom is -0.374 e. The second-order valence-corrected chi connectivity index (χ2v) is 7.14. The highest BCUT2D eigenvalue weighted by Gasteiger charge is 2.69. The Labute approximate surface area is 98.7 Å². The third kappa shape index (κ3) is 1.10. The number of ether oxygens (including phenoxy) is 2. The van der Waals surface area contributed by atoms with Gasteiger partial charge in [-0.1, -0.05) is 13.8 Å². The first-order chi connectivity index (χ1) is 7.26. The first-order valence-corrected chi connectivity index (χ1v) is 6.61. The molecule has 0 aromatic heterocycles. The van der Waals surface area contributed by atoms with Crippen LogP contribution in [-0.2, 0) is 9.47 Å². The topological polar surface area (TPSA) is 18.5 Å². The minimum atomic E-state index is -0.0258. The zero-order chi connectivity index (χ0) is 11.9. The summed E-state index contributed by atoms with van der Waals surface area (Å²) < 4.78 is 12.6. The molecule has 2 bridgehead atoms. The van der Waals surface area contributed by atoms with Gasteiger partial charge < -0.3 is 9.47 Å². The third-order valence-electron chi connectivity index (χ3n) is 5.41. The highest BCUT2D eigenvalue weighted by molar-refractivity contribution is 5.15. The van der Waals surface area contributed by atoms with Crippen LogP contribution in [0.5, 0.6) is 0 Å². The van der Waals surface area contributed by atoms with Crippen LogP contribution in [0.25, 0.3) is 0 Å². The SMILES string of the molecule is CC1C(C)C2OC1C1C2C(C)(C)OC1(C)C. The van der Waals surface area contributed by atoms with E-state index in [1.54, 1.807) is 0 Å². The Morgan fingerprint density at radius 2 is 1.12 bits per heavy atom. The third-order valence-corrected chi connectivity index (χ3v) is 5.41. The molecule has 0 radical (unpaired) electrons. The molecule has 3 aliphatic rings. The zero-order valence-electron chi connectivity index (χ0n) is 11.3. The van der Waals surface area contributed by atoms with Gasteiger partial charge >= 0.3 is 0 Å². The molecule has 16 heavy (non-hydrogen) atoms. The van der Waals surface area contributed by atoms with E-state index in [0.717, 1.165) is 0 Å². The Hall–Kier alpha value is -0.0800. The second kappa shape index (κ2) is 2.84. The van der Waals surface area contributed by atoms with Gasteiger partial charge in [0, 0.05) is 11.8 Å². The molecule has 2 heteroatoms. The van der Waals surface area contributed by atoms with Gasteiger partial charge in [0.25, 0.3) is 0 Å². The molecule has 0 aliphatic carbocycles. The van der Waals surface area contributed by atoms with Gasteiger partial charge in [-0.3, -0.25) is 0 Å². The van der Waals surface area contributed by atoms with Gasteiger partial charge in [-0.25, -0.2) is 0 Å². The van der Waals surface area contributed by atoms with E-state index in [1.807, 2.05) is 0 Å². The standard InChI is InChI=1S/C14H24O2/c1-7-8(2)12-10-9(11(7)15-12)13(3,4)16-14(10,5)6/h7-12H,1-6H3. The van der Waals surface area contributed by atoms with E-state index in [-0.39, 0.29) is 11.2 Å². The maximum atomic E-state index is 6.30. The maximum Gasteiger partial charge on any atom is 0.0691 e. The molecule has 0 amide bonds. The van der Waals surface area contributed by atoms with Crippen molar-refractivity contribution in [3.63, 3.8) is 0 Å². The fourth-order valence-electron chi connectivity index (χ4n) is 4.73. The van der Waals surface area contributed by atoms with Crippen LogP contribution in [0.3, 0.4) is 0 Å². The van der Waals surface area contributed by atoms with Gasteiger partial charge in [-0.15, -0.1) is 0 Å². The lowest BCUT2D eigenvalue weighted by Gasteiger charge is -2.36. The fraction of sp³-hybridized carbons (Fsp3) is 1.00. The van der Waals surface area contributed by atoms with Gasteiger partial charge in [0.05, 0.1) is 23.4 Å². The molecule has 0 N–H and O–H groups in total. The van der Waals surface area contributed by atoms with Crippen LogP contribution >= 0.6 is 0 Å². The predicted octanol–water partition coefficient (Wildman–Crippen LogP) is 2.86. The highest BCUT2D eigenvalue weighted by atomic mass is 16.6. The van der Waals surface area contributed by atoms with Crippen LogP contribution in [0.15, 0.2) is 0 Å². The van der Waals surface area contributed by atoms with Crippen molar-refractivity contribution in [1.82, 2.24) is 0 Å². The Balaban J connectivity index is 2.03. The van der Waals surface area contributed by atoms with Crippen LogP contribution < -0.4 is 0 Å². The van der Waals surface area contributed by atoms with Gasteiger partial charge in [-0.05, 0) is 39.5 Å². The summed E-state index contributed by atoms with van der Waals surface area (Å²) in [6, 6.07) is 0. The van der Waals surface area contributed by atoms with E-state index in [9.17, 15) is 0 Å². The Morgan fingerprint density at radius 3 is 1.50 bits per heavy atom. The summed E-state index contributed by atoms with van der Waals surface area (Å²) in [5.74, 6) is 2.53. The first kappa shape index (κ1) is 11.0. The lowest BCUT2D eigenvalue weighted by molar-refractivity contribution is -0.114. The normalized spacial score (nSPS) is 56.6. The first-order valence-electron chi connectivity index (χ1n) is 6.61. The summed E-state index contributed by atoms with van der Waals surface area (Å²) in [5, 5.41) is 0. The number of hydrogen-bond acceptors (Lipinski definition) is 2. The van der Waals surface area contributed by atoms with Crippen molar-refractivity contribution in [2.24, 2.45) is 23.7 Å². The fourth-order valence-corrected chi connectivity index (χ4v) is 4.73. The Morgan fingerprint density at radius 1 is 0.750 bits per heavy atom. The molecule has 92 valence electrons. The van der Waals surface area contributed by atoms with Crippen molar-refractivity contribution >= 4 is 0 Å². The molecule has 6 unspecified atom stereocenters. The van der Waals surface area contributed by atoms with Crippen LogP contribution in [0, 0.1) is 23.7 Å². The predicted molar refractivity (Wildman–Crippen MR) is 63.2 cm³/mol. The molecule has 0 aromatic carbocycles. The summed E-state index contributed by atoms with van der Waals surface area (Å²) in [6.07, 6.45) is 0.837. The molecule has 0 spiro atoms. The van der Waals surface area contributed by atoms with E-state index in [1.165, 1.54) is 0 Å². The molecule has 3 saturated heterocycles. The lowest BCUT2D eigenvalue weighted by atomic mass is 9.63. The molecule has 3 fully saturated rings. The van der Waals surface area contributed by atoms with Crippen LogP contribution in [0.2, 0.25) is 0 Å².